The van der Waals surface area contributed by atoms with Gasteiger partial charge < -0.3 is 14.5 Å². The Hall–Kier alpha value is -3.51. The molecule has 33 heavy (non-hydrogen) atoms. The fraction of sp³-hybridized carbons (Fsp3) is 0.259. The summed E-state index contributed by atoms with van der Waals surface area (Å²) in [5, 5.41) is 0. The number of carbonyl (C=O) groups excluding carboxylic acids is 2. The van der Waals surface area contributed by atoms with Crippen LogP contribution in [0, 0.1) is 12.7 Å². The molecule has 6 heteroatoms. The zero-order valence-electron chi connectivity index (χ0n) is 18.7. The molecule has 1 saturated heterocycles. The van der Waals surface area contributed by atoms with E-state index in [0.29, 0.717) is 49.5 Å². The summed E-state index contributed by atoms with van der Waals surface area (Å²) in [5.41, 5.74) is 3.74. The lowest BCUT2D eigenvalue weighted by atomic mass is 10.1. The quantitative estimate of drug-likeness (QED) is 0.565. The predicted octanol–water partition coefficient (Wildman–Crippen LogP) is 4.38. The van der Waals surface area contributed by atoms with Crippen molar-refractivity contribution in [1.82, 2.24) is 4.90 Å². The van der Waals surface area contributed by atoms with Gasteiger partial charge in [0.2, 0.25) is 5.91 Å². The highest BCUT2D eigenvalue weighted by Crippen LogP contribution is 2.23. The first-order valence-corrected chi connectivity index (χ1v) is 11.1. The Morgan fingerprint density at radius 3 is 2.36 bits per heavy atom. The minimum atomic E-state index is -0.340. The Bertz CT molecular complexity index is 1120. The summed E-state index contributed by atoms with van der Waals surface area (Å²) in [6.07, 6.45) is 0.302. The molecule has 1 aliphatic rings. The number of nitrogens with zero attached hydrogens (tertiary/aromatic N) is 2. The van der Waals surface area contributed by atoms with Crippen LogP contribution in [0.1, 0.15) is 27.0 Å². The van der Waals surface area contributed by atoms with Crippen molar-refractivity contribution in [2.45, 2.75) is 19.9 Å². The highest BCUT2D eigenvalue weighted by Gasteiger charge is 2.21. The van der Waals surface area contributed by atoms with Crippen LogP contribution in [0.25, 0.3) is 0 Å². The summed E-state index contributed by atoms with van der Waals surface area (Å²) in [7, 11) is 0. The first-order valence-electron chi connectivity index (χ1n) is 11.1. The topological polar surface area (TPSA) is 49.9 Å². The second kappa shape index (κ2) is 10.4. The molecule has 170 valence electrons. The molecule has 0 atom stereocenters. The predicted molar refractivity (Wildman–Crippen MR) is 126 cm³/mol. The summed E-state index contributed by atoms with van der Waals surface area (Å²) in [5.74, 6) is -0.430. The lowest BCUT2D eigenvalue weighted by molar-refractivity contribution is -0.134. The van der Waals surface area contributed by atoms with Crippen molar-refractivity contribution >= 4 is 17.5 Å². The Labute approximate surface area is 193 Å². The third-order valence-electron chi connectivity index (χ3n) is 5.82. The van der Waals surface area contributed by atoms with Crippen LogP contribution in [0.3, 0.4) is 0 Å². The van der Waals surface area contributed by atoms with Crippen LogP contribution in [-0.4, -0.2) is 43.0 Å². The maximum absolute atomic E-state index is 13.8. The summed E-state index contributed by atoms with van der Waals surface area (Å²) in [6, 6.07) is 21.1. The van der Waals surface area contributed by atoms with E-state index in [4.69, 9.17) is 4.74 Å². The average Bonchev–Trinajstić information content (AvgIpc) is 2.84. The Balaban J connectivity index is 1.57. The number of amides is 2. The lowest BCUT2D eigenvalue weighted by Gasteiger charge is -2.27. The van der Waals surface area contributed by atoms with Crippen LogP contribution in [-0.2, 0) is 22.5 Å². The second-order valence-electron chi connectivity index (χ2n) is 8.17. The van der Waals surface area contributed by atoms with Gasteiger partial charge in [-0.05, 0) is 53.9 Å². The zero-order valence-corrected chi connectivity index (χ0v) is 18.7. The number of halogens is 1. The van der Waals surface area contributed by atoms with Crippen molar-refractivity contribution in [2.24, 2.45) is 0 Å². The summed E-state index contributed by atoms with van der Waals surface area (Å²) in [6.45, 7) is 4.50. The Morgan fingerprint density at radius 1 is 0.939 bits per heavy atom. The average molecular weight is 447 g/mol. The van der Waals surface area contributed by atoms with E-state index >= 15 is 0 Å². The molecule has 2 amide bonds. The molecule has 1 fully saturated rings. The first kappa shape index (κ1) is 22.7. The van der Waals surface area contributed by atoms with Gasteiger partial charge in [-0.2, -0.15) is 0 Å². The third-order valence-corrected chi connectivity index (χ3v) is 5.82. The van der Waals surface area contributed by atoms with Gasteiger partial charge in [0.15, 0.2) is 0 Å². The first-order chi connectivity index (χ1) is 16.0. The standard InChI is InChI=1S/C27H27FN2O3/c1-20-5-2-3-8-25(20)27(32)30(19-22-6-4-7-23(28)17-22)24-11-9-21(10-12-24)18-26(31)29-13-15-33-16-14-29/h2-12,17H,13-16,18-19H2,1H3. The molecule has 5 nitrogen and oxygen atoms in total. The minimum absolute atomic E-state index is 0.0682. The molecule has 1 aliphatic heterocycles. The van der Waals surface area contributed by atoms with Gasteiger partial charge in [-0.25, -0.2) is 4.39 Å². The van der Waals surface area contributed by atoms with Crippen LogP contribution in [0.15, 0.2) is 72.8 Å². The summed E-state index contributed by atoms with van der Waals surface area (Å²) >= 11 is 0. The van der Waals surface area contributed by atoms with Crippen LogP contribution in [0.4, 0.5) is 10.1 Å². The van der Waals surface area contributed by atoms with Gasteiger partial charge in [0.25, 0.3) is 5.91 Å². The Kier molecular flexibility index (Phi) is 7.15. The van der Waals surface area contributed by atoms with Crippen LogP contribution in [0.5, 0.6) is 0 Å². The molecule has 0 saturated carbocycles. The number of morpholine rings is 1. The van der Waals surface area contributed by atoms with Gasteiger partial charge in [0, 0.05) is 24.3 Å². The number of aryl methyl sites for hydroxylation is 1. The van der Waals surface area contributed by atoms with Crippen molar-refractivity contribution in [3.63, 3.8) is 0 Å². The van der Waals surface area contributed by atoms with E-state index in [1.54, 1.807) is 23.1 Å². The van der Waals surface area contributed by atoms with Crippen molar-refractivity contribution in [1.29, 1.82) is 0 Å². The molecule has 0 aliphatic carbocycles. The fourth-order valence-corrected chi connectivity index (χ4v) is 3.95. The number of anilines is 1. The van der Waals surface area contributed by atoms with Gasteiger partial charge in [0.05, 0.1) is 26.2 Å². The van der Waals surface area contributed by atoms with Gasteiger partial charge in [-0.15, -0.1) is 0 Å². The molecule has 0 spiro atoms. The van der Waals surface area contributed by atoms with E-state index in [1.165, 1.54) is 12.1 Å². The number of carbonyl (C=O) groups is 2. The number of hydrogen-bond donors (Lipinski definition) is 0. The molecule has 3 aromatic carbocycles. The van der Waals surface area contributed by atoms with Gasteiger partial charge in [-0.1, -0.05) is 42.5 Å². The molecule has 0 radical (unpaired) electrons. The maximum Gasteiger partial charge on any atom is 0.258 e. The molecular formula is C27H27FN2O3. The lowest BCUT2D eigenvalue weighted by Crippen LogP contribution is -2.41. The third kappa shape index (κ3) is 5.65. The van der Waals surface area contributed by atoms with Crippen LogP contribution < -0.4 is 4.90 Å². The van der Waals surface area contributed by atoms with E-state index in [-0.39, 0.29) is 24.2 Å². The van der Waals surface area contributed by atoms with E-state index in [1.807, 2.05) is 54.3 Å². The van der Waals surface area contributed by atoms with Crippen molar-refractivity contribution in [3.8, 4) is 0 Å². The normalized spacial score (nSPS) is 13.6. The number of hydrogen-bond acceptors (Lipinski definition) is 3. The second-order valence-corrected chi connectivity index (χ2v) is 8.17. The summed E-state index contributed by atoms with van der Waals surface area (Å²) in [4.78, 5) is 29.5. The smallest absolute Gasteiger partial charge is 0.258 e. The van der Waals surface area contributed by atoms with E-state index < -0.39 is 0 Å². The highest BCUT2D eigenvalue weighted by molar-refractivity contribution is 6.07. The van der Waals surface area contributed by atoms with Gasteiger partial charge in [-0.3, -0.25) is 9.59 Å². The van der Waals surface area contributed by atoms with Gasteiger partial charge in [0.1, 0.15) is 5.82 Å². The number of rotatable bonds is 6. The van der Waals surface area contributed by atoms with E-state index in [0.717, 1.165) is 11.1 Å². The molecule has 3 aromatic rings. The van der Waals surface area contributed by atoms with Crippen molar-refractivity contribution in [3.05, 3.63) is 101 Å². The Morgan fingerprint density at radius 2 is 1.67 bits per heavy atom. The van der Waals surface area contributed by atoms with E-state index in [2.05, 4.69) is 0 Å². The number of ether oxygens (including phenoxy) is 1. The largest absolute Gasteiger partial charge is 0.378 e. The maximum atomic E-state index is 13.8. The molecule has 4 rings (SSSR count). The molecule has 1 heterocycles. The molecule has 0 unspecified atom stereocenters. The summed E-state index contributed by atoms with van der Waals surface area (Å²) < 4.78 is 19.1. The minimum Gasteiger partial charge on any atom is -0.378 e. The molecular weight excluding hydrogens is 419 g/mol. The zero-order chi connectivity index (χ0) is 23.2. The monoisotopic (exact) mass is 446 g/mol. The highest BCUT2D eigenvalue weighted by atomic mass is 19.1. The van der Waals surface area contributed by atoms with Gasteiger partial charge >= 0.3 is 0 Å². The van der Waals surface area contributed by atoms with Crippen LogP contribution >= 0.6 is 0 Å². The van der Waals surface area contributed by atoms with Crippen molar-refractivity contribution in [2.75, 3.05) is 31.2 Å². The van der Waals surface area contributed by atoms with Crippen LogP contribution in [0.2, 0.25) is 0 Å². The van der Waals surface area contributed by atoms with Crippen molar-refractivity contribution < 1.29 is 18.7 Å². The van der Waals surface area contributed by atoms with E-state index in [9.17, 15) is 14.0 Å². The fourth-order valence-electron chi connectivity index (χ4n) is 3.95. The number of benzene rings is 3. The molecule has 0 bridgehead atoms. The molecule has 0 N–H and O–H groups in total. The SMILES string of the molecule is Cc1ccccc1C(=O)N(Cc1cccc(F)c1)c1ccc(CC(=O)N2CCOCC2)cc1. The molecule has 0 aromatic heterocycles.